The van der Waals surface area contributed by atoms with Crippen molar-refractivity contribution in [2.24, 2.45) is 0 Å². The Balaban J connectivity index is 1.53. The van der Waals surface area contributed by atoms with Gasteiger partial charge in [-0.05, 0) is 24.3 Å². The number of hydrogen-bond donors (Lipinski definition) is 0. The van der Waals surface area contributed by atoms with Gasteiger partial charge in [-0.2, -0.15) is 17.6 Å². The molecule has 0 saturated carbocycles. The lowest BCUT2D eigenvalue weighted by Crippen LogP contribution is -2.50. The fraction of sp³-hybridized carbons (Fsp3) is 0.316. The van der Waals surface area contributed by atoms with Crippen LogP contribution in [0.1, 0.15) is 5.56 Å². The third-order valence-corrected chi connectivity index (χ3v) is 4.65. The van der Waals surface area contributed by atoms with Gasteiger partial charge in [-0.3, -0.25) is 14.9 Å². The smallest absolute Gasteiger partial charge is 0.416 e. The van der Waals surface area contributed by atoms with Crippen molar-refractivity contribution in [2.45, 2.75) is 6.18 Å². The minimum Gasteiger partial charge on any atom is -0.484 e. The average Bonchev–Trinajstić information content (AvgIpc) is 2.71. The Morgan fingerprint density at radius 3 is 2.40 bits per heavy atom. The standard InChI is InChI=1S/C19H17F4N3O4/c20-16-11-15(4-5-17(16)26(28)29)30-12-18(27)25-8-6-24(7-9-25)14-3-1-2-13(10-14)19(21,22)23/h1-5,10-11H,6-9,12H2. The van der Waals surface area contributed by atoms with Crippen LogP contribution in [-0.2, 0) is 11.0 Å². The number of piperazine rings is 1. The van der Waals surface area contributed by atoms with E-state index in [1.54, 1.807) is 11.0 Å². The average molecular weight is 427 g/mol. The van der Waals surface area contributed by atoms with Crippen molar-refractivity contribution in [3.05, 3.63) is 64.0 Å². The van der Waals surface area contributed by atoms with Crippen molar-refractivity contribution < 1.29 is 32.0 Å². The van der Waals surface area contributed by atoms with Crippen LogP contribution in [0, 0.1) is 15.9 Å². The zero-order valence-corrected chi connectivity index (χ0v) is 15.6. The molecule has 30 heavy (non-hydrogen) atoms. The van der Waals surface area contributed by atoms with Crippen LogP contribution in [-0.4, -0.2) is 48.5 Å². The molecule has 2 aromatic carbocycles. The second-order valence-electron chi connectivity index (χ2n) is 6.57. The fourth-order valence-electron chi connectivity index (χ4n) is 3.05. The number of carbonyl (C=O) groups is 1. The van der Waals surface area contributed by atoms with Crippen molar-refractivity contribution in [1.29, 1.82) is 0 Å². The summed E-state index contributed by atoms with van der Waals surface area (Å²) >= 11 is 0. The molecule has 7 nitrogen and oxygen atoms in total. The van der Waals surface area contributed by atoms with E-state index >= 15 is 0 Å². The van der Waals surface area contributed by atoms with Gasteiger partial charge >= 0.3 is 11.9 Å². The maximum atomic E-state index is 13.6. The number of benzene rings is 2. The first-order valence-corrected chi connectivity index (χ1v) is 8.92. The van der Waals surface area contributed by atoms with E-state index in [4.69, 9.17) is 4.74 Å². The minimum atomic E-state index is -4.43. The molecule has 1 saturated heterocycles. The Hall–Kier alpha value is -3.37. The van der Waals surface area contributed by atoms with Gasteiger partial charge in [0.2, 0.25) is 5.82 Å². The molecule has 1 fully saturated rings. The van der Waals surface area contributed by atoms with Gasteiger partial charge < -0.3 is 14.5 Å². The molecule has 1 aliphatic rings. The molecular weight excluding hydrogens is 410 g/mol. The first-order valence-electron chi connectivity index (χ1n) is 8.92. The quantitative estimate of drug-likeness (QED) is 0.415. The van der Waals surface area contributed by atoms with Crippen LogP contribution in [0.2, 0.25) is 0 Å². The highest BCUT2D eigenvalue weighted by atomic mass is 19.4. The summed E-state index contributed by atoms with van der Waals surface area (Å²) in [6.07, 6.45) is -4.43. The van der Waals surface area contributed by atoms with Gasteiger partial charge in [0, 0.05) is 44.0 Å². The Bertz CT molecular complexity index is 944. The lowest BCUT2D eigenvalue weighted by molar-refractivity contribution is -0.387. The lowest BCUT2D eigenvalue weighted by Gasteiger charge is -2.36. The van der Waals surface area contributed by atoms with Crippen LogP contribution in [0.25, 0.3) is 0 Å². The van der Waals surface area contributed by atoms with Gasteiger partial charge in [-0.15, -0.1) is 0 Å². The molecule has 1 heterocycles. The van der Waals surface area contributed by atoms with Crippen LogP contribution in [0.5, 0.6) is 5.75 Å². The van der Waals surface area contributed by atoms with E-state index in [1.165, 1.54) is 17.0 Å². The van der Waals surface area contributed by atoms with Gasteiger partial charge in [0.25, 0.3) is 5.91 Å². The molecule has 0 atom stereocenters. The number of ether oxygens (including phenoxy) is 1. The summed E-state index contributed by atoms with van der Waals surface area (Å²) in [4.78, 5) is 25.3. The Morgan fingerprint density at radius 1 is 1.10 bits per heavy atom. The van der Waals surface area contributed by atoms with Crippen LogP contribution >= 0.6 is 0 Å². The van der Waals surface area contributed by atoms with Gasteiger partial charge in [0.15, 0.2) is 6.61 Å². The number of carbonyl (C=O) groups excluding carboxylic acids is 1. The van der Waals surface area contributed by atoms with Crippen LogP contribution in [0.4, 0.5) is 28.9 Å². The monoisotopic (exact) mass is 427 g/mol. The van der Waals surface area contributed by atoms with Gasteiger partial charge in [0.05, 0.1) is 10.5 Å². The summed E-state index contributed by atoms with van der Waals surface area (Å²) < 4.78 is 57.4. The predicted molar refractivity (Wildman–Crippen MR) is 98.8 cm³/mol. The van der Waals surface area contributed by atoms with E-state index in [1.807, 2.05) is 0 Å². The maximum absolute atomic E-state index is 13.6. The lowest BCUT2D eigenvalue weighted by atomic mass is 10.1. The first-order chi connectivity index (χ1) is 14.1. The number of rotatable bonds is 5. The number of anilines is 1. The summed E-state index contributed by atoms with van der Waals surface area (Å²) in [6.45, 7) is 0.874. The summed E-state index contributed by atoms with van der Waals surface area (Å²) in [5.41, 5.74) is -1.00. The number of alkyl halides is 3. The highest BCUT2D eigenvalue weighted by molar-refractivity contribution is 5.78. The minimum absolute atomic E-state index is 0.0194. The molecule has 0 aliphatic carbocycles. The molecule has 2 aromatic rings. The van der Waals surface area contributed by atoms with E-state index in [2.05, 4.69) is 0 Å². The van der Waals surface area contributed by atoms with Gasteiger partial charge in [-0.25, -0.2) is 0 Å². The third kappa shape index (κ3) is 4.97. The van der Waals surface area contributed by atoms with E-state index in [-0.39, 0.29) is 31.4 Å². The molecule has 0 unspecified atom stereocenters. The maximum Gasteiger partial charge on any atom is 0.416 e. The Labute approximate surface area is 168 Å². The Morgan fingerprint density at radius 2 is 1.80 bits per heavy atom. The molecule has 1 aliphatic heterocycles. The SMILES string of the molecule is O=C(COc1ccc([N+](=O)[O-])c(F)c1)N1CCN(c2cccc(C(F)(F)F)c2)CC1. The summed E-state index contributed by atoms with van der Waals surface area (Å²) in [7, 11) is 0. The third-order valence-electron chi connectivity index (χ3n) is 4.65. The zero-order valence-electron chi connectivity index (χ0n) is 15.6. The van der Waals surface area contributed by atoms with Crippen LogP contribution < -0.4 is 9.64 Å². The highest BCUT2D eigenvalue weighted by Gasteiger charge is 2.31. The molecular formula is C19H17F4N3O4. The number of nitrogens with zero attached hydrogens (tertiary/aromatic N) is 3. The number of nitro benzene ring substituents is 1. The van der Waals surface area contributed by atoms with E-state index in [9.17, 15) is 32.5 Å². The van der Waals surface area contributed by atoms with Crippen molar-refractivity contribution >= 4 is 17.3 Å². The highest BCUT2D eigenvalue weighted by Crippen LogP contribution is 2.32. The van der Waals surface area contributed by atoms with E-state index < -0.39 is 28.2 Å². The zero-order chi connectivity index (χ0) is 21.9. The molecule has 3 rings (SSSR count). The molecule has 0 aromatic heterocycles. The second-order valence-corrected chi connectivity index (χ2v) is 6.57. The number of nitro groups is 1. The topological polar surface area (TPSA) is 75.9 Å². The van der Waals surface area contributed by atoms with Gasteiger partial charge in [-0.1, -0.05) is 6.07 Å². The predicted octanol–water partition coefficient (Wildman–Crippen LogP) is 3.48. The number of halogens is 4. The summed E-state index contributed by atoms with van der Waals surface area (Å²) in [5, 5.41) is 10.6. The van der Waals surface area contributed by atoms with E-state index in [0.29, 0.717) is 18.8 Å². The fourth-order valence-corrected chi connectivity index (χ4v) is 3.05. The normalized spacial score (nSPS) is 14.5. The molecule has 0 bridgehead atoms. The van der Waals surface area contributed by atoms with Gasteiger partial charge in [0.1, 0.15) is 5.75 Å². The van der Waals surface area contributed by atoms with Crippen molar-refractivity contribution in [1.82, 2.24) is 4.90 Å². The number of hydrogen-bond acceptors (Lipinski definition) is 5. The van der Waals surface area contributed by atoms with Crippen LogP contribution in [0.15, 0.2) is 42.5 Å². The van der Waals surface area contributed by atoms with Crippen molar-refractivity contribution in [3.8, 4) is 5.75 Å². The Kier molecular flexibility index (Phi) is 6.09. The largest absolute Gasteiger partial charge is 0.484 e. The van der Waals surface area contributed by atoms with Crippen LogP contribution in [0.3, 0.4) is 0 Å². The summed E-state index contributed by atoms with van der Waals surface area (Å²) in [6, 6.07) is 7.97. The second kappa shape index (κ2) is 8.56. The van der Waals surface area contributed by atoms with Crippen molar-refractivity contribution in [3.63, 3.8) is 0 Å². The molecule has 160 valence electrons. The van der Waals surface area contributed by atoms with E-state index in [0.717, 1.165) is 24.3 Å². The molecule has 0 N–H and O–H groups in total. The first kappa shape index (κ1) is 21.3. The molecule has 0 radical (unpaired) electrons. The molecule has 1 amide bonds. The molecule has 0 spiro atoms. The summed E-state index contributed by atoms with van der Waals surface area (Å²) in [5.74, 6) is -1.47. The van der Waals surface area contributed by atoms with Crippen molar-refractivity contribution in [2.75, 3.05) is 37.7 Å². The number of amides is 1. The molecule has 11 heteroatoms.